The number of rotatable bonds is 5. The van der Waals surface area contributed by atoms with Gasteiger partial charge in [-0.05, 0) is 35.9 Å². The fourth-order valence-corrected chi connectivity index (χ4v) is 2.66. The maximum absolute atomic E-state index is 12.8. The van der Waals surface area contributed by atoms with E-state index in [1.54, 1.807) is 12.1 Å². The Balaban J connectivity index is 1.67. The number of halogens is 3. The van der Waals surface area contributed by atoms with Gasteiger partial charge in [0.25, 0.3) is 5.91 Å². The predicted molar refractivity (Wildman–Crippen MR) is 102 cm³/mol. The third-order valence-electron chi connectivity index (χ3n) is 4.11. The molecule has 1 heterocycles. The quantitative estimate of drug-likeness (QED) is 0.673. The average molecular weight is 385 g/mol. The molecule has 144 valence electrons. The molecule has 1 amide bonds. The van der Waals surface area contributed by atoms with Crippen molar-refractivity contribution in [3.05, 3.63) is 89.6 Å². The minimum absolute atomic E-state index is 0.0742. The van der Waals surface area contributed by atoms with E-state index in [4.69, 9.17) is 0 Å². The molecule has 0 aliphatic carbocycles. The standard InChI is InChI=1S/C21H18F3N3O/c1-27(14-15-6-3-2-4-7-15)19-11-10-16(13-25-19)20(28)26-18-9-5-8-17(12-18)21(22,23)24/h2-13H,14H2,1H3,(H,26,28). The van der Waals surface area contributed by atoms with Crippen molar-refractivity contribution in [3.8, 4) is 0 Å². The van der Waals surface area contributed by atoms with Crippen LogP contribution in [0.5, 0.6) is 0 Å². The smallest absolute Gasteiger partial charge is 0.355 e. The molecule has 7 heteroatoms. The average Bonchev–Trinajstić information content (AvgIpc) is 2.68. The molecule has 0 unspecified atom stereocenters. The Morgan fingerprint density at radius 1 is 1.04 bits per heavy atom. The molecule has 1 N–H and O–H groups in total. The van der Waals surface area contributed by atoms with Gasteiger partial charge in [-0.2, -0.15) is 13.2 Å². The summed E-state index contributed by atoms with van der Waals surface area (Å²) in [5.41, 5.74) is 0.638. The van der Waals surface area contributed by atoms with Gasteiger partial charge in [-0.1, -0.05) is 36.4 Å². The summed E-state index contributed by atoms with van der Waals surface area (Å²) < 4.78 is 38.3. The summed E-state index contributed by atoms with van der Waals surface area (Å²) in [7, 11) is 1.89. The fraction of sp³-hybridized carbons (Fsp3) is 0.143. The first-order valence-corrected chi connectivity index (χ1v) is 8.52. The van der Waals surface area contributed by atoms with E-state index in [-0.39, 0.29) is 11.3 Å². The van der Waals surface area contributed by atoms with Crippen LogP contribution in [-0.4, -0.2) is 17.9 Å². The number of hydrogen-bond donors (Lipinski definition) is 1. The van der Waals surface area contributed by atoms with Crippen LogP contribution in [0.2, 0.25) is 0 Å². The van der Waals surface area contributed by atoms with Gasteiger partial charge in [0.05, 0.1) is 11.1 Å². The van der Waals surface area contributed by atoms with E-state index < -0.39 is 17.6 Å². The van der Waals surface area contributed by atoms with Crippen molar-refractivity contribution in [1.82, 2.24) is 4.98 Å². The Morgan fingerprint density at radius 3 is 2.43 bits per heavy atom. The number of pyridine rings is 1. The van der Waals surface area contributed by atoms with Gasteiger partial charge >= 0.3 is 6.18 Å². The van der Waals surface area contributed by atoms with E-state index >= 15 is 0 Å². The van der Waals surface area contributed by atoms with Crippen LogP contribution >= 0.6 is 0 Å². The van der Waals surface area contributed by atoms with Crippen LogP contribution in [0.25, 0.3) is 0 Å². The summed E-state index contributed by atoms with van der Waals surface area (Å²) in [6, 6.07) is 17.7. The zero-order valence-corrected chi connectivity index (χ0v) is 15.1. The largest absolute Gasteiger partial charge is 0.416 e. The number of anilines is 2. The van der Waals surface area contributed by atoms with E-state index in [1.165, 1.54) is 18.3 Å². The van der Waals surface area contributed by atoms with Crippen LogP contribution in [0.4, 0.5) is 24.7 Å². The SMILES string of the molecule is CN(Cc1ccccc1)c1ccc(C(=O)Nc2cccc(C(F)(F)F)c2)cn1. The Kier molecular flexibility index (Phi) is 5.63. The zero-order chi connectivity index (χ0) is 20.1. The Hall–Kier alpha value is -3.35. The van der Waals surface area contributed by atoms with Crippen molar-refractivity contribution in [2.24, 2.45) is 0 Å². The summed E-state index contributed by atoms with van der Waals surface area (Å²) >= 11 is 0. The molecule has 0 aliphatic heterocycles. The predicted octanol–water partition coefficient (Wildman–Crippen LogP) is 4.99. The number of hydrogen-bond acceptors (Lipinski definition) is 3. The van der Waals surface area contributed by atoms with Crippen molar-refractivity contribution in [1.29, 1.82) is 0 Å². The second-order valence-electron chi connectivity index (χ2n) is 6.28. The molecule has 0 atom stereocenters. The Morgan fingerprint density at radius 2 is 1.79 bits per heavy atom. The monoisotopic (exact) mass is 385 g/mol. The van der Waals surface area contributed by atoms with Gasteiger partial charge in [0.15, 0.2) is 0 Å². The molecular weight excluding hydrogens is 367 g/mol. The van der Waals surface area contributed by atoms with Crippen LogP contribution < -0.4 is 10.2 Å². The van der Waals surface area contributed by atoms with Gasteiger partial charge < -0.3 is 10.2 Å². The number of alkyl halides is 3. The molecule has 3 rings (SSSR count). The lowest BCUT2D eigenvalue weighted by Crippen LogP contribution is -2.18. The first kappa shape index (κ1) is 19.4. The molecule has 1 aromatic heterocycles. The van der Waals surface area contributed by atoms with E-state index in [9.17, 15) is 18.0 Å². The Bertz CT molecular complexity index is 941. The number of carbonyl (C=O) groups excluding carboxylic acids is 1. The normalized spacial score (nSPS) is 11.1. The molecule has 0 radical (unpaired) electrons. The minimum Gasteiger partial charge on any atom is -0.355 e. The first-order valence-electron chi connectivity index (χ1n) is 8.52. The van der Waals surface area contributed by atoms with Crippen molar-refractivity contribution in [2.75, 3.05) is 17.3 Å². The molecule has 0 saturated heterocycles. The second kappa shape index (κ2) is 8.12. The lowest BCUT2D eigenvalue weighted by molar-refractivity contribution is -0.137. The molecule has 4 nitrogen and oxygen atoms in total. The number of nitrogens with one attached hydrogen (secondary N) is 1. The number of benzene rings is 2. The maximum Gasteiger partial charge on any atom is 0.416 e. The van der Waals surface area contributed by atoms with Crippen LogP contribution in [0, 0.1) is 0 Å². The van der Waals surface area contributed by atoms with Crippen molar-refractivity contribution in [3.63, 3.8) is 0 Å². The van der Waals surface area contributed by atoms with Crippen LogP contribution in [-0.2, 0) is 12.7 Å². The van der Waals surface area contributed by atoms with Crippen LogP contribution in [0.15, 0.2) is 72.9 Å². The van der Waals surface area contributed by atoms with Crippen molar-refractivity contribution >= 4 is 17.4 Å². The first-order chi connectivity index (χ1) is 13.3. The highest BCUT2D eigenvalue weighted by Gasteiger charge is 2.30. The minimum atomic E-state index is -4.47. The van der Waals surface area contributed by atoms with Gasteiger partial charge in [0, 0.05) is 25.5 Å². The summed E-state index contributed by atoms with van der Waals surface area (Å²) in [5.74, 6) is 0.156. The van der Waals surface area contributed by atoms with Gasteiger partial charge in [-0.15, -0.1) is 0 Å². The third kappa shape index (κ3) is 4.88. The van der Waals surface area contributed by atoms with E-state index in [0.717, 1.165) is 17.7 Å². The lowest BCUT2D eigenvalue weighted by atomic mass is 10.2. The molecular formula is C21H18F3N3O. The van der Waals surface area contributed by atoms with Crippen molar-refractivity contribution < 1.29 is 18.0 Å². The van der Waals surface area contributed by atoms with Gasteiger partial charge in [0.1, 0.15) is 5.82 Å². The summed E-state index contributed by atoms with van der Waals surface area (Å²) in [6.45, 7) is 0.656. The lowest BCUT2D eigenvalue weighted by Gasteiger charge is -2.18. The molecule has 2 aromatic carbocycles. The van der Waals surface area contributed by atoms with Crippen molar-refractivity contribution in [2.45, 2.75) is 12.7 Å². The zero-order valence-electron chi connectivity index (χ0n) is 15.1. The number of amides is 1. The van der Waals surface area contributed by atoms with E-state index in [1.807, 2.05) is 42.3 Å². The summed E-state index contributed by atoms with van der Waals surface area (Å²) in [4.78, 5) is 18.5. The highest BCUT2D eigenvalue weighted by Crippen LogP contribution is 2.30. The molecule has 3 aromatic rings. The van der Waals surface area contributed by atoms with Gasteiger partial charge in [0.2, 0.25) is 0 Å². The molecule has 0 fully saturated rings. The molecule has 0 saturated carbocycles. The number of aromatic nitrogens is 1. The van der Waals surface area contributed by atoms with Gasteiger partial charge in [-0.25, -0.2) is 4.98 Å². The molecule has 0 aliphatic rings. The third-order valence-corrected chi connectivity index (χ3v) is 4.11. The van der Waals surface area contributed by atoms with Crippen LogP contribution in [0.3, 0.4) is 0 Å². The molecule has 0 bridgehead atoms. The fourth-order valence-electron chi connectivity index (χ4n) is 2.66. The highest BCUT2D eigenvalue weighted by atomic mass is 19.4. The van der Waals surface area contributed by atoms with Crippen LogP contribution in [0.1, 0.15) is 21.5 Å². The highest BCUT2D eigenvalue weighted by molar-refractivity contribution is 6.04. The Labute approximate surface area is 160 Å². The van der Waals surface area contributed by atoms with E-state index in [0.29, 0.717) is 12.4 Å². The topological polar surface area (TPSA) is 45.2 Å². The number of nitrogens with zero attached hydrogens (tertiary/aromatic N) is 2. The maximum atomic E-state index is 12.8. The molecule has 0 spiro atoms. The molecule has 28 heavy (non-hydrogen) atoms. The summed E-state index contributed by atoms with van der Waals surface area (Å²) in [6.07, 6.45) is -3.06. The second-order valence-corrected chi connectivity index (χ2v) is 6.28. The van der Waals surface area contributed by atoms with E-state index in [2.05, 4.69) is 10.3 Å². The van der Waals surface area contributed by atoms with Gasteiger partial charge in [-0.3, -0.25) is 4.79 Å². The summed E-state index contributed by atoms with van der Waals surface area (Å²) in [5, 5.41) is 2.47. The number of carbonyl (C=O) groups is 1.